The Balaban J connectivity index is 1.70. The Bertz CT molecular complexity index is 350. The third-order valence-corrected chi connectivity index (χ3v) is 3.70. The van der Waals surface area contributed by atoms with Gasteiger partial charge in [-0.2, -0.15) is 0 Å². The fourth-order valence-electron chi connectivity index (χ4n) is 2.73. The van der Waals surface area contributed by atoms with Gasteiger partial charge in [0.05, 0.1) is 11.8 Å². The highest BCUT2D eigenvalue weighted by atomic mass is 16.5. The second-order valence-corrected chi connectivity index (χ2v) is 5.19. The van der Waals surface area contributed by atoms with Crippen LogP contribution in [0.3, 0.4) is 0 Å². The van der Waals surface area contributed by atoms with Gasteiger partial charge in [-0.1, -0.05) is 5.16 Å². The summed E-state index contributed by atoms with van der Waals surface area (Å²) in [6.45, 7) is 8.10. The number of aromatic nitrogens is 1. The molecule has 18 heavy (non-hydrogen) atoms. The SMILES string of the molecule is Cc1noc(C)c1C(C)NCCCC1CCCO1. The summed E-state index contributed by atoms with van der Waals surface area (Å²) in [6, 6.07) is 0.306. The molecule has 2 rings (SSSR count). The molecule has 4 nitrogen and oxygen atoms in total. The predicted octanol–water partition coefficient (Wildman–Crippen LogP) is 2.90. The van der Waals surface area contributed by atoms with Crippen molar-refractivity contribution in [2.75, 3.05) is 13.2 Å². The first-order valence-corrected chi connectivity index (χ1v) is 6.96. The summed E-state index contributed by atoms with van der Waals surface area (Å²) in [7, 11) is 0. The molecule has 0 aliphatic carbocycles. The molecule has 0 aromatic carbocycles. The molecule has 1 aromatic heterocycles. The van der Waals surface area contributed by atoms with Crippen LogP contribution in [0.1, 0.15) is 55.7 Å². The summed E-state index contributed by atoms with van der Waals surface area (Å²) in [5, 5.41) is 7.53. The van der Waals surface area contributed by atoms with E-state index < -0.39 is 0 Å². The van der Waals surface area contributed by atoms with Crippen LogP contribution in [0, 0.1) is 13.8 Å². The normalized spacial score (nSPS) is 21.4. The van der Waals surface area contributed by atoms with Crippen LogP contribution in [0.2, 0.25) is 0 Å². The van der Waals surface area contributed by atoms with Gasteiger partial charge in [0.15, 0.2) is 0 Å². The van der Waals surface area contributed by atoms with E-state index in [-0.39, 0.29) is 0 Å². The van der Waals surface area contributed by atoms with E-state index in [1.165, 1.54) is 31.2 Å². The van der Waals surface area contributed by atoms with Crippen molar-refractivity contribution in [3.8, 4) is 0 Å². The van der Waals surface area contributed by atoms with Gasteiger partial charge in [-0.25, -0.2) is 0 Å². The van der Waals surface area contributed by atoms with Gasteiger partial charge in [0.1, 0.15) is 5.76 Å². The lowest BCUT2D eigenvalue weighted by Gasteiger charge is -2.14. The second kappa shape index (κ2) is 6.34. The van der Waals surface area contributed by atoms with E-state index in [0.29, 0.717) is 12.1 Å². The largest absolute Gasteiger partial charge is 0.378 e. The summed E-state index contributed by atoms with van der Waals surface area (Å²) in [5.41, 5.74) is 2.19. The summed E-state index contributed by atoms with van der Waals surface area (Å²) >= 11 is 0. The van der Waals surface area contributed by atoms with Crippen LogP contribution in [0.25, 0.3) is 0 Å². The van der Waals surface area contributed by atoms with Gasteiger partial charge in [-0.15, -0.1) is 0 Å². The van der Waals surface area contributed by atoms with Crippen LogP contribution in [0.15, 0.2) is 4.52 Å². The lowest BCUT2D eigenvalue weighted by molar-refractivity contribution is 0.102. The van der Waals surface area contributed by atoms with E-state index >= 15 is 0 Å². The molecule has 2 unspecified atom stereocenters. The standard InChI is InChI=1S/C14H24N2O2/c1-10(14-11(2)16-18-12(14)3)15-8-4-6-13-7-5-9-17-13/h10,13,15H,4-9H2,1-3H3. The quantitative estimate of drug-likeness (QED) is 0.791. The van der Waals surface area contributed by atoms with E-state index in [1.54, 1.807) is 0 Å². The molecule has 1 fully saturated rings. The molecule has 2 heterocycles. The Kier molecular flexibility index (Phi) is 4.78. The second-order valence-electron chi connectivity index (χ2n) is 5.19. The van der Waals surface area contributed by atoms with Crippen molar-refractivity contribution in [2.24, 2.45) is 0 Å². The maximum absolute atomic E-state index is 5.62. The number of hydrogen-bond acceptors (Lipinski definition) is 4. The molecule has 1 aliphatic heterocycles. The number of ether oxygens (including phenoxy) is 1. The highest BCUT2D eigenvalue weighted by Crippen LogP contribution is 2.21. The van der Waals surface area contributed by atoms with Crippen LogP contribution in [-0.2, 0) is 4.74 Å². The van der Waals surface area contributed by atoms with Crippen LogP contribution >= 0.6 is 0 Å². The van der Waals surface area contributed by atoms with Gasteiger partial charge in [0, 0.05) is 18.2 Å². The van der Waals surface area contributed by atoms with E-state index in [4.69, 9.17) is 9.26 Å². The fraction of sp³-hybridized carbons (Fsp3) is 0.786. The van der Waals surface area contributed by atoms with Gasteiger partial charge in [-0.3, -0.25) is 0 Å². The number of aryl methyl sites for hydroxylation is 2. The zero-order valence-corrected chi connectivity index (χ0v) is 11.7. The summed E-state index contributed by atoms with van der Waals surface area (Å²) in [5.74, 6) is 0.923. The molecule has 2 atom stereocenters. The molecule has 1 aliphatic rings. The first-order chi connectivity index (χ1) is 8.68. The molecular formula is C14H24N2O2. The number of nitrogens with one attached hydrogen (secondary N) is 1. The minimum absolute atomic E-state index is 0.306. The minimum Gasteiger partial charge on any atom is -0.378 e. The predicted molar refractivity (Wildman–Crippen MR) is 70.6 cm³/mol. The highest BCUT2D eigenvalue weighted by molar-refractivity contribution is 5.24. The average Bonchev–Trinajstić information content (AvgIpc) is 2.95. The average molecular weight is 252 g/mol. The molecule has 0 spiro atoms. The third-order valence-electron chi connectivity index (χ3n) is 3.70. The maximum atomic E-state index is 5.62. The monoisotopic (exact) mass is 252 g/mol. The molecule has 0 saturated carbocycles. The topological polar surface area (TPSA) is 47.3 Å². The summed E-state index contributed by atoms with van der Waals surface area (Å²) in [4.78, 5) is 0. The van der Waals surface area contributed by atoms with Gasteiger partial charge < -0.3 is 14.6 Å². The first kappa shape index (κ1) is 13.6. The Labute approximate surface area is 109 Å². The highest BCUT2D eigenvalue weighted by Gasteiger charge is 2.17. The van der Waals surface area contributed by atoms with Crippen LogP contribution in [-0.4, -0.2) is 24.4 Å². The number of hydrogen-bond donors (Lipinski definition) is 1. The fourth-order valence-corrected chi connectivity index (χ4v) is 2.73. The molecule has 1 N–H and O–H groups in total. The summed E-state index contributed by atoms with van der Waals surface area (Å²) in [6.07, 6.45) is 5.30. The Morgan fingerprint density at radius 2 is 2.28 bits per heavy atom. The van der Waals surface area contributed by atoms with Crippen molar-refractivity contribution in [1.29, 1.82) is 0 Å². The van der Waals surface area contributed by atoms with E-state index in [9.17, 15) is 0 Å². The zero-order valence-electron chi connectivity index (χ0n) is 11.7. The number of rotatable bonds is 6. The lowest BCUT2D eigenvalue weighted by Crippen LogP contribution is -2.21. The van der Waals surface area contributed by atoms with Gasteiger partial charge in [0.25, 0.3) is 0 Å². The molecule has 4 heteroatoms. The van der Waals surface area contributed by atoms with Crippen molar-refractivity contribution >= 4 is 0 Å². The van der Waals surface area contributed by atoms with E-state index in [2.05, 4.69) is 17.4 Å². The van der Waals surface area contributed by atoms with Crippen molar-refractivity contribution in [3.05, 3.63) is 17.0 Å². The molecule has 0 amide bonds. The molecule has 1 aromatic rings. The van der Waals surface area contributed by atoms with E-state index in [0.717, 1.165) is 24.6 Å². The maximum Gasteiger partial charge on any atom is 0.138 e. The number of nitrogens with zero attached hydrogens (tertiary/aromatic N) is 1. The smallest absolute Gasteiger partial charge is 0.138 e. The van der Waals surface area contributed by atoms with Crippen LogP contribution in [0.4, 0.5) is 0 Å². The van der Waals surface area contributed by atoms with E-state index in [1.807, 2.05) is 13.8 Å². The summed E-state index contributed by atoms with van der Waals surface area (Å²) < 4.78 is 10.8. The Morgan fingerprint density at radius 1 is 1.44 bits per heavy atom. The van der Waals surface area contributed by atoms with Crippen molar-refractivity contribution in [3.63, 3.8) is 0 Å². The Hall–Kier alpha value is -0.870. The van der Waals surface area contributed by atoms with Gasteiger partial charge in [0.2, 0.25) is 0 Å². The molecular weight excluding hydrogens is 228 g/mol. The molecule has 0 radical (unpaired) electrons. The molecule has 102 valence electrons. The van der Waals surface area contributed by atoms with Crippen molar-refractivity contribution in [2.45, 2.75) is 58.6 Å². The molecule has 1 saturated heterocycles. The Morgan fingerprint density at radius 3 is 2.89 bits per heavy atom. The van der Waals surface area contributed by atoms with Crippen molar-refractivity contribution in [1.82, 2.24) is 10.5 Å². The minimum atomic E-state index is 0.306. The zero-order chi connectivity index (χ0) is 13.0. The van der Waals surface area contributed by atoms with Gasteiger partial charge >= 0.3 is 0 Å². The van der Waals surface area contributed by atoms with Crippen molar-refractivity contribution < 1.29 is 9.26 Å². The van der Waals surface area contributed by atoms with Crippen LogP contribution in [0.5, 0.6) is 0 Å². The third kappa shape index (κ3) is 3.33. The molecule has 0 bridgehead atoms. The van der Waals surface area contributed by atoms with Gasteiger partial charge in [-0.05, 0) is 53.0 Å². The van der Waals surface area contributed by atoms with Crippen LogP contribution < -0.4 is 5.32 Å². The first-order valence-electron chi connectivity index (χ1n) is 6.96. The lowest BCUT2D eigenvalue weighted by atomic mass is 10.1.